The Balaban J connectivity index is 2.22. The lowest BCUT2D eigenvalue weighted by atomic mass is 10.0. The van der Waals surface area contributed by atoms with Gasteiger partial charge in [-0.2, -0.15) is 0 Å². The Kier molecular flexibility index (Phi) is 2.39. The van der Waals surface area contributed by atoms with Crippen molar-refractivity contribution in [2.75, 3.05) is 11.4 Å². The van der Waals surface area contributed by atoms with Gasteiger partial charge in [-0.25, -0.2) is 0 Å². The molecular weight excluding hydrogens is 202 g/mol. The van der Waals surface area contributed by atoms with E-state index in [2.05, 4.69) is 28.9 Å². The molecule has 2 rings (SSSR count). The summed E-state index contributed by atoms with van der Waals surface area (Å²) >= 11 is 5.60. The average molecular weight is 216 g/mol. The molecule has 14 heavy (non-hydrogen) atoms. The smallest absolute Gasteiger partial charge is 0.318 e. The molecule has 0 bridgehead atoms. The highest BCUT2D eigenvalue weighted by Crippen LogP contribution is 2.32. The molecule has 1 aliphatic heterocycles. The molecule has 4 nitrogen and oxygen atoms in total. The van der Waals surface area contributed by atoms with Gasteiger partial charge in [0.1, 0.15) is 5.88 Å². The Hall–Kier alpha value is -0.770. The molecule has 1 fully saturated rings. The van der Waals surface area contributed by atoms with E-state index in [4.69, 9.17) is 16.0 Å². The Morgan fingerprint density at radius 1 is 1.50 bits per heavy atom. The van der Waals surface area contributed by atoms with Crippen molar-refractivity contribution in [3.05, 3.63) is 5.89 Å². The van der Waals surface area contributed by atoms with Crippen molar-refractivity contribution in [2.45, 2.75) is 38.1 Å². The number of halogens is 1. The maximum atomic E-state index is 5.60. The maximum absolute atomic E-state index is 5.60. The van der Waals surface area contributed by atoms with Crippen molar-refractivity contribution < 1.29 is 4.42 Å². The quantitative estimate of drug-likeness (QED) is 0.710. The molecule has 1 saturated heterocycles. The minimum atomic E-state index is 0.121. The molecule has 0 atom stereocenters. The molecule has 1 aromatic rings. The first-order valence-corrected chi connectivity index (χ1v) is 5.33. The molecule has 0 saturated carbocycles. The fourth-order valence-electron chi connectivity index (χ4n) is 1.87. The van der Waals surface area contributed by atoms with Crippen molar-refractivity contribution in [1.29, 1.82) is 0 Å². The monoisotopic (exact) mass is 215 g/mol. The van der Waals surface area contributed by atoms with E-state index in [1.807, 2.05) is 0 Å². The normalized spacial score (nSPS) is 20.4. The standard InChI is InChI=1S/C9H14ClN3O/c1-9(2)4-3-5-13(9)8-12-11-7(6-10)14-8/h3-6H2,1-2H3. The first-order chi connectivity index (χ1) is 6.63. The van der Waals surface area contributed by atoms with Gasteiger partial charge >= 0.3 is 6.01 Å². The van der Waals surface area contributed by atoms with Crippen molar-refractivity contribution >= 4 is 17.6 Å². The lowest BCUT2D eigenvalue weighted by Gasteiger charge is -2.29. The number of aromatic nitrogens is 2. The van der Waals surface area contributed by atoms with Crippen LogP contribution in [0.5, 0.6) is 0 Å². The molecule has 0 unspecified atom stereocenters. The van der Waals surface area contributed by atoms with Crippen LogP contribution in [0.2, 0.25) is 0 Å². The van der Waals surface area contributed by atoms with Crippen LogP contribution in [0.4, 0.5) is 6.01 Å². The Morgan fingerprint density at radius 3 is 2.79 bits per heavy atom. The van der Waals surface area contributed by atoms with Crippen LogP contribution in [-0.2, 0) is 5.88 Å². The number of anilines is 1. The lowest BCUT2D eigenvalue weighted by molar-refractivity contribution is 0.446. The summed E-state index contributed by atoms with van der Waals surface area (Å²) in [5.41, 5.74) is 0.121. The molecule has 0 aliphatic carbocycles. The van der Waals surface area contributed by atoms with Gasteiger partial charge in [0.2, 0.25) is 5.89 Å². The fourth-order valence-corrected chi connectivity index (χ4v) is 1.98. The third-order valence-corrected chi connectivity index (χ3v) is 2.93. The van der Waals surface area contributed by atoms with Crippen molar-refractivity contribution in [1.82, 2.24) is 10.2 Å². The van der Waals surface area contributed by atoms with Crippen LogP contribution in [0, 0.1) is 0 Å². The van der Waals surface area contributed by atoms with Gasteiger partial charge in [0, 0.05) is 12.1 Å². The van der Waals surface area contributed by atoms with Crippen molar-refractivity contribution in [3.63, 3.8) is 0 Å². The van der Waals surface area contributed by atoms with Gasteiger partial charge in [0.25, 0.3) is 0 Å². The average Bonchev–Trinajstić information content (AvgIpc) is 2.70. The zero-order valence-electron chi connectivity index (χ0n) is 8.46. The van der Waals surface area contributed by atoms with Crippen LogP contribution >= 0.6 is 11.6 Å². The predicted molar refractivity (Wildman–Crippen MR) is 54.5 cm³/mol. The van der Waals surface area contributed by atoms with Crippen LogP contribution in [0.15, 0.2) is 4.42 Å². The molecule has 1 aliphatic rings. The van der Waals surface area contributed by atoms with Gasteiger partial charge in [-0.1, -0.05) is 5.10 Å². The van der Waals surface area contributed by atoms with Crippen molar-refractivity contribution in [2.24, 2.45) is 0 Å². The summed E-state index contributed by atoms with van der Waals surface area (Å²) in [7, 11) is 0. The summed E-state index contributed by atoms with van der Waals surface area (Å²) < 4.78 is 5.42. The second-order valence-corrected chi connectivity index (χ2v) is 4.45. The molecule has 0 radical (unpaired) electrons. The largest absolute Gasteiger partial charge is 0.407 e. The number of hydrogen-bond donors (Lipinski definition) is 0. The molecule has 2 heterocycles. The third-order valence-electron chi connectivity index (χ3n) is 2.70. The summed E-state index contributed by atoms with van der Waals surface area (Å²) in [4.78, 5) is 2.15. The van der Waals surface area contributed by atoms with Crippen molar-refractivity contribution in [3.8, 4) is 0 Å². The maximum Gasteiger partial charge on any atom is 0.318 e. The van der Waals surface area contributed by atoms with Crippen LogP contribution in [0.25, 0.3) is 0 Å². The molecule has 0 N–H and O–H groups in total. The number of hydrogen-bond acceptors (Lipinski definition) is 4. The van der Waals surface area contributed by atoms with E-state index >= 15 is 0 Å². The molecule has 5 heteroatoms. The van der Waals surface area contributed by atoms with E-state index in [1.54, 1.807) is 0 Å². The predicted octanol–water partition coefficient (Wildman–Crippen LogP) is 2.19. The molecule has 0 spiro atoms. The zero-order valence-corrected chi connectivity index (χ0v) is 9.21. The van der Waals surface area contributed by atoms with Gasteiger partial charge in [-0.05, 0) is 26.7 Å². The highest BCUT2D eigenvalue weighted by molar-refractivity contribution is 6.16. The molecule has 0 aromatic carbocycles. The highest BCUT2D eigenvalue weighted by Gasteiger charge is 2.35. The van der Waals surface area contributed by atoms with E-state index in [9.17, 15) is 0 Å². The van der Waals surface area contributed by atoms with Crippen LogP contribution in [-0.4, -0.2) is 22.3 Å². The number of nitrogens with zero attached hydrogens (tertiary/aromatic N) is 3. The van der Waals surface area contributed by atoms with Gasteiger partial charge in [-0.15, -0.1) is 16.7 Å². The van der Waals surface area contributed by atoms with Gasteiger partial charge in [-0.3, -0.25) is 0 Å². The van der Waals surface area contributed by atoms with Gasteiger partial charge in [0.15, 0.2) is 0 Å². The summed E-state index contributed by atoms with van der Waals surface area (Å²) in [5.74, 6) is 0.769. The summed E-state index contributed by atoms with van der Waals surface area (Å²) in [5, 5.41) is 7.84. The fraction of sp³-hybridized carbons (Fsp3) is 0.778. The lowest BCUT2D eigenvalue weighted by Crippen LogP contribution is -2.38. The highest BCUT2D eigenvalue weighted by atomic mass is 35.5. The molecule has 1 aromatic heterocycles. The second-order valence-electron chi connectivity index (χ2n) is 4.18. The Bertz CT molecular complexity index is 324. The van der Waals surface area contributed by atoms with E-state index in [0.29, 0.717) is 11.9 Å². The van der Waals surface area contributed by atoms with E-state index in [1.165, 1.54) is 6.42 Å². The summed E-state index contributed by atoms with van der Waals surface area (Å²) in [6.07, 6.45) is 2.33. The number of rotatable bonds is 2. The van der Waals surface area contributed by atoms with E-state index in [-0.39, 0.29) is 11.4 Å². The van der Waals surface area contributed by atoms with Crippen LogP contribution < -0.4 is 4.90 Å². The Morgan fingerprint density at radius 2 is 2.29 bits per heavy atom. The topological polar surface area (TPSA) is 42.2 Å². The first kappa shape index (κ1) is 9.77. The van der Waals surface area contributed by atoms with Crippen LogP contribution in [0.1, 0.15) is 32.6 Å². The third kappa shape index (κ3) is 1.59. The second kappa shape index (κ2) is 3.42. The minimum Gasteiger partial charge on any atom is -0.407 e. The zero-order chi connectivity index (χ0) is 10.2. The van der Waals surface area contributed by atoms with Gasteiger partial charge in [0.05, 0.1) is 0 Å². The molecule has 78 valence electrons. The SMILES string of the molecule is CC1(C)CCCN1c1nnc(CCl)o1. The van der Waals surface area contributed by atoms with Gasteiger partial charge < -0.3 is 9.32 Å². The Labute approximate surface area is 88.2 Å². The summed E-state index contributed by atoms with van der Waals surface area (Å²) in [6.45, 7) is 5.35. The van der Waals surface area contributed by atoms with E-state index < -0.39 is 0 Å². The van der Waals surface area contributed by atoms with Crippen LogP contribution in [0.3, 0.4) is 0 Å². The minimum absolute atomic E-state index is 0.121. The summed E-state index contributed by atoms with van der Waals surface area (Å²) in [6, 6.07) is 0.600. The molecular formula is C9H14ClN3O. The molecule has 0 amide bonds. The van der Waals surface area contributed by atoms with E-state index in [0.717, 1.165) is 13.0 Å². The first-order valence-electron chi connectivity index (χ1n) is 4.79. The number of alkyl halides is 1.